The van der Waals surface area contributed by atoms with Crippen LogP contribution in [-0.4, -0.2) is 59.6 Å². The fourth-order valence-electron chi connectivity index (χ4n) is 4.56. The Hall–Kier alpha value is -0.630. The van der Waals surface area contributed by atoms with Crippen molar-refractivity contribution in [2.45, 2.75) is 68.6 Å². The Labute approximate surface area is 122 Å². The SMILES string of the molecule is N#CC1(NC2CC2)CCC(N2CCN3CCCC3C2)C1. The molecule has 3 atom stereocenters. The number of piperazine rings is 1. The molecule has 3 unspecified atom stereocenters. The fourth-order valence-corrected chi connectivity index (χ4v) is 4.56. The Morgan fingerprint density at radius 1 is 1.00 bits per heavy atom. The molecule has 20 heavy (non-hydrogen) atoms. The van der Waals surface area contributed by atoms with Crippen molar-refractivity contribution in [1.82, 2.24) is 15.1 Å². The minimum absolute atomic E-state index is 0.210. The number of rotatable bonds is 3. The predicted octanol–water partition coefficient (Wildman–Crippen LogP) is 1.33. The van der Waals surface area contributed by atoms with Gasteiger partial charge in [0.05, 0.1) is 6.07 Å². The zero-order valence-electron chi connectivity index (χ0n) is 12.4. The van der Waals surface area contributed by atoms with Crippen LogP contribution in [0.5, 0.6) is 0 Å². The number of hydrogen-bond acceptors (Lipinski definition) is 4. The van der Waals surface area contributed by atoms with Crippen LogP contribution in [0.1, 0.15) is 44.9 Å². The maximum atomic E-state index is 9.62. The lowest BCUT2D eigenvalue weighted by Crippen LogP contribution is -2.53. The molecule has 0 aromatic carbocycles. The number of nitrogens with one attached hydrogen (secondary N) is 1. The van der Waals surface area contributed by atoms with E-state index in [9.17, 15) is 5.26 Å². The molecule has 0 amide bonds. The summed E-state index contributed by atoms with van der Waals surface area (Å²) in [5, 5.41) is 13.3. The molecule has 4 aliphatic rings. The van der Waals surface area contributed by atoms with Gasteiger partial charge in [0, 0.05) is 37.8 Å². The van der Waals surface area contributed by atoms with Crippen molar-refractivity contribution in [3.63, 3.8) is 0 Å². The van der Waals surface area contributed by atoms with E-state index in [4.69, 9.17) is 0 Å². The minimum atomic E-state index is -0.210. The molecule has 2 aliphatic heterocycles. The van der Waals surface area contributed by atoms with Gasteiger partial charge in [-0.05, 0) is 51.5 Å². The Bertz CT molecular complexity index is 413. The summed E-state index contributed by atoms with van der Waals surface area (Å²) in [5.41, 5.74) is -0.210. The van der Waals surface area contributed by atoms with E-state index in [1.807, 2.05) is 0 Å². The van der Waals surface area contributed by atoms with E-state index in [0.29, 0.717) is 12.1 Å². The number of nitriles is 1. The molecular weight excluding hydrogens is 248 g/mol. The van der Waals surface area contributed by atoms with Crippen LogP contribution >= 0.6 is 0 Å². The van der Waals surface area contributed by atoms with E-state index >= 15 is 0 Å². The molecule has 0 aromatic rings. The van der Waals surface area contributed by atoms with Crippen molar-refractivity contribution in [3.8, 4) is 6.07 Å². The van der Waals surface area contributed by atoms with E-state index in [2.05, 4.69) is 21.2 Å². The van der Waals surface area contributed by atoms with Gasteiger partial charge in [-0.15, -0.1) is 0 Å². The Kier molecular flexibility index (Phi) is 3.25. The lowest BCUT2D eigenvalue weighted by molar-refractivity contribution is 0.0715. The highest BCUT2D eigenvalue weighted by Gasteiger charge is 2.45. The molecule has 1 N–H and O–H groups in total. The highest BCUT2D eigenvalue weighted by molar-refractivity contribution is 5.15. The average molecular weight is 274 g/mol. The third-order valence-corrected chi connectivity index (χ3v) is 5.90. The van der Waals surface area contributed by atoms with Crippen LogP contribution < -0.4 is 5.32 Å². The molecular formula is C16H26N4. The van der Waals surface area contributed by atoms with Crippen LogP contribution in [0.4, 0.5) is 0 Å². The summed E-state index contributed by atoms with van der Waals surface area (Å²) in [5.74, 6) is 0. The minimum Gasteiger partial charge on any atom is -0.298 e. The van der Waals surface area contributed by atoms with E-state index in [0.717, 1.165) is 18.9 Å². The molecule has 0 bridgehead atoms. The third kappa shape index (κ3) is 2.36. The van der Waals surface area contributed by atoms with E-state index in [1.54, 1.807) is 0 Å². The topological polar surface area (TPSA) is 42.3 Å². The van der Waals surface area contributed by atoms with Crippen molar-refractivity contribution in [1.29, 1.82) is 5.26 Å². The molecule has 0 spiro atoms. The molecule has 4 heteroatoms. The molecule has 2 aliphatic carbocycles. The first-order valence-corrected chi connectivity index (χ1v) is 8.45. The summed E-state index contributed by atoms with van der Waals surface area (Å²) in [4.78, 5) is 5.37. The highest BCUT2D eigenvalue weighted by atomic mass is 15.3. The van der Waals surface area contributed by atoms with Gasteiger partial charge in [-0.2, -0.15) is 5.26 Å². The highest BCUT2D eigenvalue weighted by Crippen LogP contribution is 2.37. The summed E-state index contributed by atoms with van der Waals surface area (Å²) in [6.07, 6.45) is 8.62. The third-order valence-electron chi connectivity index (χ3n) is 5.90. The van der Waals surface area contributed by atoms with Gasteiger partial charge in [-0.3, -0.25) is 15.1 Å². The molecule has 0 aromatic heterocycles. The quantitative estimate of drug-likeness (QED) is 0.843. The van der Waals surface area contributed by atoms with Gasteiger partial charge in [-0.25, -0.2) is 0 Å². The maximum Gasteiger partial charge on any atom is 0.108 e. The normalized spacial score (nSPS) is 42.5. The summed E-state index contributed by atoms with van der Waals surface area (Å²) >= 11 is 0. The van der Waals surface area contributed by atoms with Crippen molar-refractivity contribution in [3.05, 3.63) is 0 Å². The van der Waals surface area contributed by atoms with E-state index in [1.165, 1.54) is 58.3 Å². The summed E-state index contributed by atoms with van der Waals surface area (Å²) < 4.78 is 0. The second-order valence-corrected chi connectivity index (χ2v) is 7.34. The molecule has 4 nitrogen and oxygen atoms in total. The lowest BCUT2D eigenvalue weighted by Gasteiger charge is -2.41. The summed E-state index contributed by atoms with van der Waals surface area (Å²) in [7, 11) is 0. The van der Waals surface area contributed by atoms with Gasteiger partial charge in [0.1, 0.15) is 5.54 Å². The van der Waals surface area contributed by atoms with Crippen LogP contribution in [0.3, 0.4) is 0 Å². The monoisotopic (exact) mass is 274 g/mol. The number of fused-ring (bicyclic) bond motifs is 1. The van der Waals surface area contributed by atoms with Crippen molar-refractivity contribution in [2.24, 2.45) is 0 Å². The molecule has 4 fully saturated rings. The summed E-state index contributed by atoms with van der Waals surface area (Å²) in [6, 6.07) is 4.70. The van der Waals surface area contributed by atoms with Gasteiger partial charge in [0.15, 0.2) is 0 Å². The van der Waals surface area contributed by atoms with Crippen molar-refractivity contribution in [2.75, 3.05) is 26.2 Å². The van der Waals surface area contributed by atoms with E-state index in [-0.39, 0.29) is 5.54 Å². The predicted molar refractivity (Wildman–Crippen MR) is 78.3 cm³/mol. The standard InChI is InChI=1S/C16H26N4/c17-12-16(18-13-3-4-13)6-5-14(10-16)20-9-8-19-7-1-2-15(19)11-20/h13-15,18H,1-11H2. The number of hydrogen-bond donors (Lipinski definition) is 1. The molecule has 2 heterocycles. The van der Waals surface area contributed by atoms with Crippen LogP contribution in [-0.2, 0) is 0 Å². The van der Waals surface area contributed by atoms with Crippen LogP contribution in [0.25, 0.3) is 0 Å². The Morgan fingerprint density at radius 2 is 1.85 bits per heavy atom. The zero-order chi connectivity index (χ0) is 13.6. The fraction of sp³-hybridized carbons (Fsp3) is 0.938. The number of nitrogens with zero attached hydrogens (tertiary/aromatic N) is 3. The Balaban J connectivity index is 1.39. The van der Waals surface area contributed by atoms with Gasteiger partial charge in [0.2, 0.25) is 0 Å². The van der Waals surface area contributed by atoms with Gasteiger partial charge in [-0.1, -0.05) is 0 Å². The smallest absolute Gasteiger partial charge is 0.108 e. The molecule has 2 saturated heterocycles. The molecule has 110 valence electrons. The first kappa shape index (κ1) is 13.1. The first-order chi connectivity index (χ1) is 9.78. The largest absolute Gasteiger partial charge is 0.298 e. The van der Waals surface area contributed by atoms with Crippen molar-refractivity contribution < 1.29 is 0 Å². The molecule has 4 rings (SSSR count). The molecule has 0 radical (unpaired) electrons. The second-order valence-electron chi connectivity index (χ2n) is 7.34. The van der Waals surface area contributed by atoms with Crippen LogP contribution in [0, 0.1) is 11.3 Å². The van der Waals surface area contributed by atoms with Crippen LogP contribution in [0.2, 0.25) is 0 Å². The Morgan fingerprint density at radius 3 is 2.65 bits per heavy atom. The molecule has 2 saturated carbocycles. The zero-order valence-corrected chi connectivity index (χ0v) is 12.4. The van der Waals surface area contributed by atoms with Crippen molar-refractivity contribution >= 4 is 0 Å². The van der Waals surface area contributed by atoms with Crippen LogP contribution in [0.15, 0.2) is 0 Å². The first-order valence-electron chi connectivity index (χ1n) is 8.45. The lowest BCUT2D eigenvalue weighted by atomic mass is 9.98. The summed E-state index contributed by atoms with van der Waals surface area (Å²) in [6.45, 7) is 5.02. The second kappa shape index (κ2) is 4.98. The van der Waals surface area contributed by atoms with Gasteiger partial charge >= 0.3 is 0 Å². The maximum absolute atomic E-state index is 9.62. The average Bonchev–Trinajstić information content (AvgIpc) is 3.01. The van der Waals surface area contributed by atoms with Gasteiger partial charge < -0.3 is 0 Å². The van der Waals surface area contributed by atoms with E-state index < -0.39 is 0 Å². The van der Waals surface area contributed by atoms with Gasteiger partial charge in [0.25, 0.3) is 0 Å².